The first-order valence-corrected chi connectivity index (χ1v) is 12.1. The Morgan fingerprint density at radius 3 is 2.44 bits per heavy atom. The number of para-hydroxylation sites is 2. The molecule has 36 heavy (non-hydrogen) atoms. The second kappa shape index (κ2) is 7.60. The number of anilines is 1. The van der Waals surface area contributed by atoms with E-state index in [9.17, 15) is 9.18 Å². The lowest BCUT2D eigenvalue weighted by Crippen LogP contribution is -2.43. The summed E-state index contributed by atoms with van der Waals surface area (Å²) in [5, 5.41) is 7.12. The van der Waals surface area contributed by atoms with Gasteiger partial charge in [0.1, 0.15) is 5.82 Å². The molecule has 0 saturated carbocycles. The Morgan fingerprint density at radius 1 is 0.889 bits per heavy atom. The van der Waals surface area contributed by atoms with E-state index >= 15 is 0 Å². The highest BCUT2D eigenvalue weighted by Gasteiger charge is 2.58. The largest absolute Gasteiger partial charge is 0.435 e. The molecule has 0 saturated heterocycles. The molecule has 5 aromatic rings. The van der Waals surface area contributed by atoms with Gasteiger partial charge in [-0.15, -0.1) is 5.10 Å². The van der Waals surface area contributed by atoms with Gasteiger partial charge in [-0.25, -0.2) is 14.4 Å². The predicted octanol–water partition coefficient (Wildman–Crippen LogP) is 5.70. The molecular formula is C28H16BrFN4O2. The van der Waals surface area contributed by atoms with E-state index in [1.54, 1.807) is 27.8 Å². The zero-order valence-electron chi connectivity index (χ0n) is 18.6. The average Bonchev–Trinajstić information content (AvgIpc) is 3.43. The topological polar surface area (TPSA) is 59.7 Å². The number of nitrogens with zero attached hydrogens (tertiary/aromatic N) is 4. The van der Waals surface area contributed by atoms with Gasteiger partial charge in [0.2, 0.25) is 5.90 Å². The van der Waals surface area contributed by atoms with Gasteiger partial charge in [0.05, 0.1) is 27.8 Å². The van der Waals surface area contributed by atoms with Crippen molar-refractivity contribution in [3.63, 3.8) is 0 Å². The zero-order chi connectivity index (χ0) is 24.4. The number of aromatic nitrogens is 2. The number of hydrogen-bond acceptors (Lipinski definition) is 5. The van der Waals surface area contributed by atoms with Crippen molar-refractivity contribution in [3.8, 4) is 5.69 Å². The summed E-state index contributed by atoms with van der Waals surface area (Å²) in [5.41, 5.74) is 1.72. The molecule has 0 fully saturated rings. The first kappa shape index (κ1) is 21.0. The maximum absolute atomic E-state index is 13.8. The van der Waals surface area contributed by atoms with Crippen LogP contribution in [0.15, 0.2) is 111 Å². The molecule has 0 aliphatic carbocycles. The third kappa shape index (κ3) is 2.85. The summed E-state index contributed by atoms with van der Waals surface area (Å²) in [6, 6.07) is 28.5. The standard InChI is InChI=1S/C28H16BrFN4O2/c29-18-12-15-24-22(16-18)28(27-31-23-9-5-4-8-21(23)26(35)33(24)27)34(20-6-2-1-3-7-20)32-25(36-28)17-10-13-19(30)14-11-17/h1-16H. The van der Waals surface area contributed by atoms with Gasteiger partial charge in [-0.3, -0.25) is 9.36 Å². The lowest BCUT2D eigenvalue weighted by molar-refractivity contribution is 0.116. The van der Waals surface area contributed by atoms with Crippen molar-refractivity contribution in [2.75, 3.05) is 5.01 Å². The maximum atomic E-state index is 13.8. The fourth-order valence-corrected chi connectivity index (χ4v) is 5.23. The molecule has 0 bridgehead atoms. The van der Waals surface area contributed by atoms with E-state index in [1.807, 2.05) is 66.7 Å². The number of halogens is 2. The normalized spacial score (nSPS) is 17.7. The molecule has 2 aliphatic rings. The van der Waals surface area contributed by atoms with Crippen molar-refractivity contribution in [1.82, 2.24) is 9.55 Å². The molecule has 174 valence electrons. The molecule has 0 radical (unpaired) electrons. The van der Waals surface area contributed by atoms with Gasteiger partial charge in [-0.2, -0.15) is 0 Å². The Labute approximate surface area is 213 Å². The summed E-state index contributed by atoms with van der Waals surface area (Å²) in [6.45, 7) is 0. The molecule has 1 aromatic heterocycles. The summed E-state index contributed by atoms with van der Waals surface area (Å²) in [4.78, 5) is 18.8. The van der Waals surface area contributed by atoms with Crippen LogP contribution in [0.3, 0.4) is 0 Å². The van der Waals surface area contributed by atoms with Gasteiger partial charge in [0, 0.05) is 10.0 Å². The molecule has 7 rings (SSSR count). The van der Waals surface area contributed by atoms with Gasteiger partial charge in [0.25, 0.3) is 11.3 Å². The first-order valence-electron chi connectivity index (χ1n) is 11.3. The third-order valence-corrected chi connectivity index (χ3v) is 6.96. The Kier molecular flexibility index (Phi) is 4.44. The Morgan fingerprint density at radius 2 is 1.64 bits per heavy atom. The van der Waals surface area contributed by atoms with E-state index in [4.69, 9.17) is 14.8 Å². The van der Waals surface area contributed by atoms with Crippen LogP contribution < -0.4 is 10.6 Å². The summed E-state index contributed by atoms with van der Waals surface area (Å²) in [5.74, 6) is 0.330. The van der Waals surface area contributed by atoms with Gasteiger partial charge >= 0.3 is 0 Å². The second-order valence-corrected chi connectivity index (χ2v) is 9.48. The van der Waals surface area contributed by atoms with Crippen LogP contribution in [0.5, 0.6) is 0 Å². The van der Waals surface area contributed by atoms with Crippen LogP contribution in [0.25, 0.3) is 16.6 Å². The Balaban J connectivity index is 1.58. The minimum absolute atomic E-state index is 0.192. The number of ether oxygens (including phenoxy) is 1. The molecule has 4 aromatic carbocycles. The van der Waals surface area contributed by atoms with E-state index in [1.165, 1.54) is 12.1 Å². The molecule has 2 aliphatic heterocycles. The number of rotatable bonds is 2. The quantitative estimate of drug-likeness (QED) is 0.289. The highest BCUT2D eigenvalue weighted by Crippen LogP contribution is 2.50. The molecule has 1 atom stereocenters. The molecule has 1 spiro atoms. The van der Waals surface area contributed by atoms with Crippen molar-refractivity contribution in [2.24, 2.45) is 5.10 Å². The van der Waals surface area contributed by atoms with E-state index in [2.05, 4.69) is 15.9 Å². The lowest BCUT2D eigenvalue weighted by Gasteiger charge is -2.32. The number of hydrogen-bond donors (Lipinski definition) is 0. The van der Waals surface area contributed by atoms with Crippen molar-refractivity contribution < 1.29 is 9.13 Å². The van der Waals surface area contributed by atoms with Gasteiger partial charge in [0.15, 0.2) is 5.82 Å². The number of benzene rings is 4. The average molecular weight is 539 g/mol. The molecular weight excluding hydrogens is 523 g/mol. The molecule has 6 nitrogen and oxygen atoms in total. The van der Waals surface area contributed by atoms with Crippen LogP contribution in [-0.4, -0.2) is 15.4 Å². The summed E-state index contributed by atoms with van der Waals surface area (Å²) in [7, 11) is 0. The highest BCUT2D eigenvalue weighted by molar-refractivity contribution is 9.10. The van der Waals surface area contributed by atoms with E-state index < -0.39 is 5.72 Å². The summed E-state index contributed by atoms with van der Waals surface area (Å²) >= 11 is 3.59. The molecule has 0 N–H and O–H groups in total. The van der Waals surface area contributed by atoms with Crippen molar-refractivity contribution >= 4 is 38.4 Å². The second-order valence-electron chi connectivity index (χ2n) is 8.56. The predicted molar refractivity (Wildman–Crippen MR) is 139 cm³/mol. The minimum Gasteiger partial charge on any atom is -0.435 e. The van der Waals surface area contributed by atoms with Crippen LogP contribution in [-0.2, 0) is 10.5 Å². The molecule has 3 heterocycles. The van der Waals surface area contributed by atoms with E-state index in [0.29, 0.717) is 39.4 Å². The number of fused-ring (bicyclic) bond motifs is 6. The monoisotopic (exact) mass is 538 g/mol. The summed E-state index contributed by atoms with van der Waals surface area (Å²) < 4.78 is 22.8. The van der Waals surface area contributed by atoms with Crippen molar-refractivity contribution in [2.45, 2.75) is 5.72 Å². The van der Waals surface area contributed by atoms with Crippen molar-refractivity contribution in [3.05, 3.63) is 135 Å². The Bertz CT molecular complexity index is 1770. The summed E-state index contributed by atoms with van der Waals surface area (Å²) in [6.07, 6.45) is 0. The van der Waals surface area contributed by atoms with Gasteiger partial charge in [-0.1, -0.05) is 46.3 Å². The molecule has 8 heteroatoms. The smallest absolute Gasteiger partial charge is 0.291 e. The first-order chi connectivity index (χ1) is 17.6. The fourth-order valence-electron chi connectivity index (χ4n) is 4.87. The van der Waals surface area contributed by atoms with Crippen LogP contribution in [0.1, 0.15) is 17.0 Å². The lowest BCUT2D eigenvalue weighted by atomic mass is 10.0. The van der Waals surface area contributed by atoms with E-state index in [-0.39, 0.29) is 11.4 Å². The minimum atomic E-state index is -1.37. The maximum Gasteiger partial charge on any atom is 0.291 e. The number of hydrazone groups is 1. The van der Waals surface area contributed by atoms with Crippen LogP contribution >= 0.6 is 15.9 Å². The van der Waals surface area contributed by atoms with Crippen molar-refractivity contribution in [1.29, 1.82) is 0 Å². The Hall–Kier alpha value is -4.30. The molecule has 1 unspecified atom stereocenters. The fraction of sp³-hybridized carbons (Fsp3) is 0.0357. The zero-order valence-corrected chi connectivity index (χ0v) is 20.2. The molecule has 0 amide bonds. The third-order valence-electron chi connectivity index (χ3n) is 6.47. The van der Waals surface area contributed by atoms with Gasteiger partial charge in [-0.05, 0) is 66.7 Å². The van der Waals surface area contributed by atoms with Crippen LogP contribution in [0, 0.1) is 5.82 Å². The SMILES string of the molecule is O=c1c2ccccc2nc2n1-c1ccc(Br)cc1C21OC(c2ccc(F)cc2)=NN1c1ccccc1. The highest BCUT2D eigenvalue weighted by atomic mass is 79.9. The van der Waals surface area contributed by atoms with Crippen LogP contribution in [0.4, 0.5) is 10.1 Å². The van der Waals surface area contributed by atoms with Crippen LogP contribution in [0.2, 0.25) is 0 Å². The van der Waals surface area contributed by atoms with E-state index in [0.717, 1.165) is 10.2 Å². The van der Waals surface area contributed by atoms with Gasteiger partial charge < -0.3 is 4.74 Å².